The normalized spacial score (nSPS) is 17.9. The quantitative estimate of drug-likeness (QED) is 0.597. The number of hydrogen-bond donors (Lipinski definition) is 0. The minimum absolute atomic E-state index is 0.00806. The van der Waals surface area contributed by atoms with Gasteiger partial charge in [0, 0.05) is 11.1 Å². The molecule has 0 saturated carbocycles. The standard InChI is InChI=1S/C21H19NO6S/c23-20(13-27-21(24)19-12-15-6-4-5-9-18(15)28-19)22(16-7-2-1-3-8-16)17-10-11-29(25,26)14-17/h1-9,12,17H,10-11,13-14H2/t17-/m0/s1. The Morgan fingerprint density at radius 2 is 1.79 bits per heavy atom. The summed E-state index contributed by atoms with van der Waals surface area (Å²) < 4.78 is 34.4. The third-order valence-corrected chi connectivity index (χ3v) is 6.58. The summed E-state index contributed by atoms with van der Waals surface area (Å²) in [5.74, 6) is -1.30. The van der Waals surface area contributed by atoms with Gasteiger partial charge in [-0.1, -0.05) is 36.4 Å². The zero-order chi connectivity index (χ0) is 20.4. The van der Waals surface area contributed by atoms with Crippen molar-refractivity contribution >= 4 is 38.4 Å². The molecule has 150 valence electrons. The highest BCUT2D eigenvalue weighted by molar-refractivity contribution is 7.91. The second kappa shape index (κ2) is 7.71. The molecule has 1 aliphatic rings. The van der Waals surface area contributed by atoms with Gasteiger partial charge >= 0.3 is 5.97 Å². The molecule has 2 aromatic carbocycles. The van der Waals surface area contributed by atoms with Crippen LogP contribution in [0, 0.1) is 0 Å². The van der Waals surface area contributed by atoms with Gasteiger partial charge in [0.1, 0.15) is 5.58 Å². The van der Waals surface area contributed by atoms with E-state index >= 15 is 0 Å². The topological polar surface area (TPSA) is 93.9 Å². The number of furan rings is 1. The number of carbonyl (C=O) groups is 2. The molecule has 1 fully saturated rings. The van der Waals surface area contributed by atoms with E-state index in [2.05, 4.69) is 0 Å². The molecule has 0 unspecified atom stereocenters. The second-order valence-electron chi connectivity index (χ2n) is 6.88. The fraction of sp³-hybridized carbons (Fsp3) is 0.238. The zero-order valence-electron chi connectivity index (χ0n) is 15.5. The van der Waals surface area contributed by atoms with Gasteiger partial charge in [-0.3, -0.25) is 4.79 Å². The Balaban J connectivity index is 1.50. The van der Waals surface area contributed by atoms with Crippen LogP contribution in [0.2, 0.25) is 0 Å². The molecule has 8 heteroatoms. The Bertz CT molecular complexity index is 1120. The number of nitrogens with zero attached hydrogens (tertiary/aromatic N) is 1. The van der Waals surface area contributed by atoms with E-state index in [9.17, 15) is 18.0 Å². The van der Waals surface area contributed by atoms with Crippen LogP contribution in [0.1, 0.15) is 17.0 Å². The third kappa shape index (κ3) is 4.17. The number of benzene rings is 2. The predicted molar refractivity (Wildman–Crippen MR) is 107 cm³/mol. The Morgan fingerprint density at radius 1 is 1.07 bits per heavy atom. The monoisotopic (exact) mass is 413 g/mol. The molecular formula is C21H19NO6S. The van der Waals surface area contributed by atoms with Crippen LogP contribution >= 0.6 is 0 Å². The number of rotatable bonds is 5. The molecule has 0 bridgehead atoms. The van der Waals surface area contributed by atoms with Gasteiger partial charge in [-0.2, -0.15) is 0 Å². The average molecular weight is 413 g/mol. The smallest absolute Gasteiger partial charge is 0.374 e. The van der Waals surface area contributed by atoms with Crippen molar-refractivity contribution in [2.24, 2.45) is 0 Å². The number of ether oxygens (including phenoxy) is 1. The fourth-order valence-electron chi connectivity index (χ4n) is 3.48. The maximum atomic E-state index is 12.9. The van der Waals surface area contributed by atoms with Crippen LogP contribution in [0.15, 0.2) is 65.1 Å². The van der Waals surface area contributed by atoms with Crippen molar-refractivity contribution in [2.75, 3.05) is 23.0 Å². The van der Waals surface area contributed by atoms with Crippen LogP contribution in [0.4, 0.5) is 5.69 Å². The number of fused-ring (bicyclic) bond motifs is 1. The lowest BCUT2D eigenvalue weighted by molar-refractivity contribution is -0.122. The molecule has 2 heterocycles. The summed E-state index contributed by atoms with van der Waals surface area (Å²) in [4.78, 5) is 26.6. The number of amides is 1. The first-order chi connectivity index (χ1) is 13.9. The summed E-state index contributed by atoms with van der Waals surface area (Å²) in [5, 5.41) is 0.757. The van der Waals surface area contributed by atoms with E-state index in [1.807, 2.05) is 6.07 Å². The van der Waals surface area contributed by atoms with Gasteiger partial charge in [-0.15, -0.1) is 0 Å². The highest BCUT2D eigenvalue weighted by Gasteiger charge is 2.35. The van der Waals surface area contributed by atoms with Crippen molar-refractivity contribution in [1.29, 1.82) is 0 Å². The summed E-state index contributed by atoms with van der Waals surface area (Å²) in [7, 11) is -3.19. The summed E-state index contributed by atoms with van der Waals surface area (Å²) in [6.45, 7) is -0.513. The molecule has 0 aliphatic carbocycles. The van der Waals surface area contributed by atoms with Crippen molar-refractivity contribution in [3.8, 4) is 0 Å². The molecule has 1 aliphatic heterocycles. The number of hydrogen-bond acceptors (Lipinski definition) is 6. The van der Waals surface area contributed by atoms with E-state index in [1.165, 1.54) is 4.90 Å². The number of sulfone groups is 1. The lowest BCUT2D eigenvalue weighted by atomic mass is 10.2. The van der Waals surface area contributed by atoms with Gasteiger partial charge in [0.2, 0.25) is 5.76 Å². The molecular weight excluding hydrogens is 394 g/mol. The SMILES string of the molecule is O=C(OCC(=O)N(c1ccccc1)[C@H]1CCS(=O)(=O)C1)c1cc2ccccc2o1. The summed E-state index contributed by atoms with van der Waals surface area (Å²) >= 11 is 0. The van der Waals surface area contributed by atoms with Crippen LogP contribution in [-0.2, 0) is 19.4 Å². The number of para-hydroxylation sites is 2. The Kier molecular flexibility index (Phi) is 5.10. The van der Waals surface area contributed by atoms with Gasteiger partial charge in [0.15, 0.2) is 16.4 Å². The first kappa shape index (κ1) is 19.2. The van der Waals surface area contributed by atoms with E-state index < -0.39 is 34.4 Å². The van der Waals surface area contributed by atoms with Gasteiger partial charge < -0.3 is 14.1 Å². The minimum atomic E-state index is -3.19. The molecule has 4 rings (SSSR count). The van der Waals surface area contributed by atoms with Crippen LogP contribution in [0.3, 0.4) is 0 Å². The van der Waals surface area contributed by atoms with Gasteiger partial charge in [-0.05, 0) is 30.7 Å². The Labute approximate surface area is 167 Å². The summed E-state index contributed by atoms with van der Waals surface area (Å²) in [6, 6.07) is 17.0. The number of anilines is 1. The maximum Gasteiger partial charge on any atom is 0.374 e. The van der Waals surface area contributed by atoms with Gasteiger partial charge in [0.05, 0.1) is 17.5 Å². The van der Waals surface area contributed by atoms with Gasteiger partial charge in [-0.25, -0.2) is 13.2 Å². The molecule has 0 spiro atoms. The molecule has 1 aromatic heterocycles. The van der Waals surface area contributed by atoms with E-state index in [-0.39, 0.29) is 17.3 Å². The Hall–Kier alpha value is -3.13. The molecule has 29 heavy (non-hydrogen) atoms. The van der Waals surface area contributed by atoms with Gasteiger partial charge in [0.25, 0.3) is 5.91 Å². The van der Waals surface area contributed by atoms with Crippen LogP contribution < -0.4 is 4.90 Å². The molecule has 0 N–H and O–H groups in total. The first-order valence-electron chi connectivity index (χ1n) is 9.16. The highest BCUT2D eigenvalue weighted by atomic mass is 32.2. The van der Waals surface area contributed by atoms with E-state index in [0.29, 0.717) is 17.7 Å². The highest BCUT2D eigenvalue weighted by Crippen LogP contribution is 2.25. The lowest BCUT2D eigenvalue weighted by Crippen LogP contribution is -2.43. The lowest BCUT2D eigenvalue weighted by Gasteiger charge is -2.28. The van der Waals surface area contributed by atoms with Crippen LogP contribution in [0.5, 0.6) is 0 Å². The Morgan fingerprint density at radius 3 is 2.48 bits per heavy atom. The molecule has 0 radical (unpaired) electrons. The second-order valence-corrected chi connectivity index (χ2v) is 9.11. The van der Waals surface area contributed by atoms with E-state index in [0.717, 1.165) is 5.39 Å². The molecule has 1 atom stereocenters. The molecule has 3 aromatic rings. The van der Waals surface area contributed by atoms with E-state index in [1.54, 1.807) is 54.6 Å². The number of carbonyl (C=O) groups excluding carboxylic acids is 2. The molecule has 7 nitrogen and oxygen atoms in total. The van der Waals surface area contributed by atoms with Crippen molar-refractivity contribution in [3.05, 3.63) is 66.4 Å². The third-order valence-electron chi connectivity index (χ3n) is 4.83. The van der Waals surface area contributed by atoms with Crippen molar-refractivity contribution in [2.45, 2.75) is 12.5 Å². The molecule has 1 amide bonds. The van der Waals surface area contributed by atoms with E-state index in [4.69, 9.17) is 9.15 Å². The van der Waals surface area contributed by atoms with Crippen LogP contribution in [0.25, 0.3) is 11.0 Å². The summed E-state index contributed by atoms with van der Waals surface area (Å²) in [5.41, 5.74) is 1.12. The van der Waals surface area contributed by atoms with Crippen molar-refractivity contribution in [1.82, 2.24) is 0 Å². The minimum Gasteiger partial charge on any atom is -0.450 e. The van der Waals surface area contributed by atoms with Crippen LogP contribution in [-0.4, -0.2) is 44.4 Å². The average Bonchev–Trinajstić information content (AvgIpc) is 3.30. The summed E-state index contributed by atoms with van der Waals surface area (Å²) in [6.07, 6.45) is 0.348. The van der Waals surface area contributed by atoms with Crippen molar-refractivity contribution < 1.29 is 27.2 Å². The first-order valence-corrected chi connectivity index (χ1v) is 11.0. The maximum absolute atomic E-state index is 12.9. The number of esters is 1. The fourth-order valence-corrected chi connectivity index (χ4v) is 5.18. The largest absolute Gasteiger partial charge is 0.450 e. The van der Waals surface area contributed by atoms with Crippen molar-refractivity contribution in [3.63, 3.8) is 0 Å². The zero-order valence-corrected chi connectivity index (χ0v) is 16.3. The molecule has 1 saturated heterocycles. The predicted octanol–water partition coefficient (Wildman–Crippen LogP) is 2.81.